The van der Waals surface area contributed by atoms with Gasteiger partial charge < -0.3 is 0 Å². The van der Waals surface area contributed by atoms with Crippen molar-refractivity contribution in [2.24, 2.45) is 0 Å². The van der Waals surface area contributed by atoms with Gasteiger partial charge in [0.2, 0.25) is 0 Å². The first-order valence-corrected chi connectivity index (χ1v) is 7.26. The van der Waals surface area contributed by atoms with Crippen LogP contribution in [0.5, 0.6) is 0 Å². The Balaban J connectivity index is 2.10. The maximum absolute atomic E-state index is 11.2. The molecule has 0 amide bonds. The van der Waals surface area contributed by atoms with Crippen LogP contribution in [0.25, 0.3) is 0 Å². The van der Waals surface area contributed by atoms with Gasteiger partial charge in [0, 0.05) is 15.4 Å². The highest BCUT2D eigenvalue weighted by Gasteiger charge is 2.02. The maximum atomic E-state index is 11.2. The van der Waals surface area contributed by atoms with E-state index in [2.05, 4.69) is 38.1 Å². The smallest absolute Gasteiger partial charge is 0.159 e. The first-order chi connectivity index (χ1) is 9.06. The molecule has 2 heteroatoms. The minimum Gasteiger partial charge on any atom is -0.295 e. The van der Waals surface area contributed by atoms with E-state index in [1.807, 2.05) is 24.3 Å². The van der Waals surface area contributed by atoms with Gasteiger partial charge in [-0.3, -0.25) is 4.79 Å². The third-order valence-corrected chi connectivity index (χ3v) is 4.06. The zero-order valence-electron chi connectivity index (χ0n) is 11.5. The van der Waals surface area contributed by atoms with Gasteiger partial charge in [-0.05, 0) is 42.7 Å². The molecule has 0 aliphatic heterocycles. The molecule has 0 unspecified atom stereocenters. The quantitative estimate of drug-likeness (QED) is 0.713. The second-order valence-electron chi connectivity index (χ2n) is 4.91. The highest BCUT2D eigenvalue weighted by atomic mass is 32.2. The standard InChI is InChI=1S/C17H18OS/c1-12(2)14-4-8-16(9-5-14)19-17-10-6-15(7-11-17)13(3)18/h4-12H,1-3H3. The SMILES string of the molecule is CC(=O)c1ccc(Sc2ccc(C(C)C)cc2)cc1. The molecular weight excluding hydrogens is 252 g/mol. The zero-order chi connectivity index (χ0) is 13.8. The Kier molecular flexibility index (Phi) is 4.43. The third-order valence-electron chi connectivity index (χ3n) is 3.04. The number of carbonyl (C=O) groups is 1. The average Bonchev–Trinajstić information content (AvgIpc) is 2.40. The van der Waals surface area contributed by atoms with E-state index >= 15 is 0 Å². The van der Waals surface area contributed by atoms with Crippen molar-refractivity contribution in [1.82, 2.24) is 0 Å². The second kappa shape index (κ2) is 6.07. The summed E-state index contributed by atoms with van der Waals surface area (Å²) < 4.78 is 0. The molecule has 19 heavy (non-hydrogen) atoms. The molecule has 2 aromatic rings. The van der Waals surface area contributed by atoms with Crippen molar-refractivity contribution in [3.8, 4) is 0 Å². The van der Waals surface area contributed by atoms with Crippen LogP contribution in [0.2, 0.25) is 0 Å². The lowest BCUT2D eigenvalue weighted by molar-refractivity contribution is 0.101. The van der Waals surface area contributed by atoms with E-state index in [1.54, 1.807) is 18.7 Å². The van der Waals surface area contributed by atoms with Crippen molar-refractivity contribution in [2.45, 2.75) is 36.5 Å². The first-order valence-electron chi connectivity index (χ1n) is 6.45. The van der Waals surface area contributed by atoms with E-state index < -0.39 is 0 Å². The van der Waals surface area contributed by atoms with Gasteiger partial charge in [0.15, 0.2) is 5.78 Å². The Morgan fingerprint density at radius 1 is 0.895 bits per heavy atom. The molecule has 0 fully saturated rings. The fourth-order valence-electron chi connectivity index (χ4n) is 1.81. The Morgan fingerprint density at radius 3 is 1.79 bits per heavy atom. The van der Waals surface area contributed by atoms with Crippen molar-refractivity contribution >= 4 is 17.5 Å². The molecule has 0 aromatic heterocycles. The average molecular weight is 270 g/mol. The van der Waals surface area contributed by atoms with Crippen LogP contribution in [0.3, 0.4) is 0 Å². The van der Waals surface area contributed by atoms with E-state index in [4.69, 9.17) is 0 Å². The molecular formula is C17H18OS. The molecule has 1 nitrogen and oxygen atoms in total. The molecule has 2 aromatic carbocycles. The Hall–Kier alpha value is -1.54. The van der Waals surface area contributed by atoms with Gasteiger partial charge in [-0.2, -0.15) is 0 Å². The van der Waals surface area contributed by atoms with E-state index in [0.717, 1.165) is 10.5 Å². The predicted octanol–water partition coefficient (Wildman–Crippen LogP) is 5.16. The van der Waals surface area contributed by atoms with Crippen LogP contribution in [0.4, 0.5) is 0 Å². The van der Waals surface area contributed by atoms with Gasteiger partial charge >= 0.3 is 0 Å². The van der Waals surface area contributed by atoms with Crippen molar-refractivity contribution < 1.29 is 4.79 Å². The summed E-state index contributed by atoms with van der Waals surface area (Å²) in [7, 11) is 0. The van der Waals surface area contributed by atoms with Crippen LogP contribution in [-0.2, 0) is 0 Å². The third kappa shape index (κ3) is 3.71. The molecule has 2 rings (SSSR count). The number of carbonyl (C=O) groups excluding carboxylic acids is 1. The maximum Gasteiger partial charge on any atom is 0.159 e. The Morgan fingerprint density at radius 2 is 1.37 bits per heavy atom. The number of ketones is 1. The van der Waals surface area contributed by atoms with Crippen molar-refractivity contribution in [2.75, 3.05) is 0 Å². The minimum atomic E-state index is 0.109. The molecule has 0 heterocycles. The molecule has 0 bridgehead atoms. The summed E-state index contributed by atoms with van der Waals surface area (Å²) in [6.45, 7) is 5.98. The topological polar surface area (TPSA) is 17.1 Å². The first kappa shape index (κ1) is 13.9. The van der Waals surface area contributed by atoms with Crippen molar-refractivity contribution in [1.29, 1.82) is 0 Å². The Labute approximate surface area is 119 Å². The lowest BCUT2D eigenvalue weighted by atomic mass is 10.0. The number of Topliss-reactive ketones (excluding diaryl/α,β-unsaturated/α-hetero) is 1. The summed E-state index contributed by atoms with van der Waals surface area (Å²) in [5.41, 5.74) is 2.12. The summed E-state index contributed by atoms with van der Waals surface area (Å²) in [5.74, 6) is 0.673. The lowest BCUT2D eigenvalue weighted by Gasteiger charge is -2.07. The summed E-state index contributed by atoms with van der Waals surface area (Å²) in [6, 6.07) is 16.4. The highest BCUT2D eigenvalue weighted by Crippen LogP contribution is 2.29. The number of hydrogen-bond acceptors (Lipinski definition) is 2. The molecule has 0 aliphatic rings. The molecule has 0 saturated heterocycles. The van der Waals surface area contributed by atoms with Crippen LogP contribution in [0.1, 0.15) is 42.6 Å². The molecule has 0 radical (unpaired) electrons. The summed E-state index contributed by atoms with van der Waals surface area (Å²) in [5, 5.41) is 0. The molecule has 0 atom stereocenters. The predicted molar refractivity (Wildman–Crippen MR) is 81.1 cm³/mol. The van der Waals surface area contributed by atoms with Gasteiger partial charge in [0.1, 0.15) is 0 Å². The van der Waals surface area contributed by atoms with E-state index in [9.17, 15) is 4.79 Å². The zero-order valence-corrected chi connectivity index (χ0v) is 12.3. The van der Waals surface area contributed by atoms with Gasteiger partial charge in [-0.1, -0.05) is 49.9 Å². The van der Waals surface area contributed by atoms with Crippen LogP contribution < -0.4 is 0 Å². The summed E-state index contributed by atoms with van der Waals surface area (Å²) in [4.78, 5) is 13.6. The van der Waals surface area contributed by atoms with Crippen molar-refractivity contribution in [3.63, 3.8) is 0 Å². The van der Waals surface area contributed by atoms with Gasteiger partial charge in [-0.25, -0.2) is 0 Å². The fraction of sp³-hybridized carbons (Fsp3) is 0.235. The summed E-state index contributed by atoms with van der Waals surface area (Å²) >= 11 is 1.72. The molecule has 98 valence electrons. The van der Waals surface area contributed by atoms with Crippen LogP contribution >= 0.6 is 11.8 Å². The van der Waals surface area contributed by atoms with E-state index in [0.29, 0.717) is 5.92 Å². The molecule has 0 spiro atoms. The minimum absolute atomic E-state index is 0.109. The summed E-state index contributed by atoms with van der Waals surface area (Å²) in [6.07, 6.45) is 0. The van der Waals surface area contributed by atoms with Crippen LogP contribution in [0, 0.1) is 0 Å². The second-order valence-corrected chi connectivity index (χ2v) is 6.05. The van der Waals surface area contributed by atoms with Crippen molar-refractivity contribution in [3.05, 3.63) is 59.7 Å². The van der Waals surface area contributed by atoms with Crippen LogP contribution in [0.15, 0.2) is 58.3 Å². The molecule has 0 N–H and O–H groups in total. The van der Waals surface area contributed by atoms with E-state index in [-0.39, 0.29) is 5.78 Å². The number of hydrogen-bond donors (Lipinski definition) is 0. The van der Waals surface area contributed by atoms with Gasteiger partial charge in [0.25, 0.3) is 0 Å². The number of rotatable bonds is 4. The number of benzene rings is 2. The van der Waals surface area contributed by atoms with Gasteiger partial charge in [-0.15, -0.1) is 0 Å². The molecule has 0 saturated carbocycles. The Bertz CT molecular complexity index is 553. The molecule has 0 aliphatic carbocycles. The highest BCUT2D eigenvalue weighted by molar-refractivity contribution is 7.99. The van der Waals surface area contributed by atoms with Gasteiger partial charge in [0.05, 0.1) is 0 Å². The van der Waals surface area contributed by atoms with Crippen LogP contribution in [-0.4, -0.2) is 5.78 Å². The fourth-order valence-corrected chi connectivity index (χ4v) is 2.63. The lowest BCUT2D eigenvalue weighted by Crippen LogP contribution is -1.90. The van der Waals surface area contributed by atoms with E-state index in [1.165, 1.54) is 10.5 Å². The largest absolute Gasteiger partial charge is 0.295 e. The normalized spacial score (nSPS) is 10.7. The monoisotopic (exact) mass is 270 g/mol.